The molecule has 4 heteroatoms. The van der Waals surface area contributed by atoms with E-state index in [9.17, 15) is 0 Å². The van der Waals surface area contributed by atoms with Crippen LogP contribution >= 0.6 is 0 Å². The minimum atomic E-state index is -2.77. The van der Waals surface area contributed by atoms with Gasteiger partial charge in [-0.3, -0.25) is 0 Å². The third kappa shape index (κ3) is 3.34. The van der Waals surface area contributed by atoms with Gasteiger partial charge in [0.1, 0.15) is 5.75 Å². The second kappa shape index (κ2) is 3.53. The minimum absolute atomic E-state index is 0.471. The van der Waals surface area contributed by atoms with Gasteiger partial charge in [0.05, 0.1) is 0 Å². The van der Waals surface area contributed by atoms with Gasteiger partial charge in [0, 0.05) is 0 Å². The molecule has 0 aliphatic carbocycles. The van der Waals surface area contributed by atoms with Crippen LogP contribution in [0.2, 0.25) is 0 Å². The maximum absolute atomic E-state index is 8.47. The van der Waals surface area contributed by atoms with Gasteiger partial charge in [-0.15, -0.1) is 0 Å². The number of hydrogen-bond acceptors (Lipinski definition) is 4. The van der Waals surface area contributed by atoms with Crippen molar-refractivity contribution in [2.75, 3.05) is 6.61 Å². The molecule has 0 aromatic heterocycles. The Labute approximate surface area is 69.7 Å². The lowest BCUT2D eigenvalue weighted by atomic mass is 10.3. The molecule has 0 heterocycles. The van der Waals surface area contributed by atoms with Gasteiger partial charge < -0.3 is 20.1 Å². The van der Waals surface area contributed by atoms with Gasteiger partial charge in [0.25, 0.3) is 0 Å². The van der Waals surface area contributed by atoms with Crippen LogP contribution < -0.4 is 4.74 Å². The number of benzene rings is 1. The van der Waals surface area contributed by atoms with E-state index in [1.807, 2.05) is 0 Å². The Morgan fingerprint density at radius 2 is 1.67 bits per heavy atom. The highest BCUT2D eigenvalue weighted by Crippen LogP contribution is 2.09. The molecule has 3 N–H and O–H groups in total. The number of para-hydroxylation sites is 1. The van der Waals surface area contributed by atoms with E-state index in [0.717, 1.165) is 0 Å². The molecule has 1 aromatic carbocycles. The summed E-state index contributed by atoms with van der Waals surface area (Å²) >= 11 is 0. The monoisotopic (exact) mass is 170 g/mol. The van der Waals surface area contributed by atoms with Crippen LogP contribution in [-0.4, -0.2) is 27.9 Å². The van der Waals surface area contributed by atoms with Gasteiger partial charge in [-0.05, 0) is 12.1 Å². The Hall–Kier alpha value is -1.10. The first-order valence-electron chi connectivity index (χ1n) is 3.43. The Morgan fingerprint density at radius 1 is 1.08 bits per heavy atom. The normalized spacial score (nSPS) is 11.2. The smallest absolute Gasteiger partial charge is 0.311 e. The molecule has 1 aromatic rings. The zero-order chi connectivity index (χ0) is 9.03. The topological polar surface area (TPSA) is 69.9 Å². The largest absolute Gasteiger partial charge is 0.485 e. The fourth-order valence-corrected chi connectivity index (χ4v) is 0.697. The summed E-state index contributed by atoms with van der Waals surface area (Å²) in [4.78, 5) is 0. The van der Waals surface area contributed by atoms with E-state index >= 15 is 0 Å². The van der Waals surface area contributed by atoms with E-state index in [2.05, 4.69) is 0 Å². The SMILES string of the molecule is OC(O)(O)COc1ccccc1. The quantitative estimate of drug-likeness (QED) is 0.544. The molecule has 12 heavy (non-hydrogen) atoms. The van der Waals surface area contributed by atoms with Gasteiger partial charge >= 0.3 is 5.97 Å². The van der Waals surface area contributed by atoms with Crippen LogP contribution in [0.5, 0.6) is 5.75 Å². The van der Waals surface area contributed by atoms with Crippen molar-refractivity contribution < 1.29 is 20.1 Å². The fourth-order valence-electron chi connectivity index (χ4n) is 0.697. The number of hydrogen-bond donors (Lipinski definition) is 3. The van der Waals surface area contributed by atoms with Crippen molar-refractivity contribution in [3.8, 4) is 5.75 Å². The Bertz CT molecular complexity index is 227. The average Bonchev–Trinajstić information content (AvgIpc) is 2.02. The van der Waals surface area contributed by atoms with E-state index in [1.54, 1.807) is 30.3 Å². The van der Waals surface area contributed by atoms with Crippen molar-refractivity contribution in [3.05, 3.63) is 30.3 Å². The molecular formula is C8H10O4. The summed E-state index contributed by atoms with van der Waals surface area (Å²) in [6, 6.07) is 8.57. The van der Waals surface area contributed by atoms with E-state index in [1.165, 1.54) is 0 Å². The summed E-state index contributed by atoms with van der Waals surface area (Å²) in [6.07, 6.45) is 0. The molecule has 0 aliphatic heterocycles. The molecule has 0 amide bonds. The zero-order valence-corrected chi connectivity index (χ0v) is 6.34. The van der Waals surface area contributed by atoms with Gasteiger partial charge in [0.15, 0.2) is 6.61 Å². The standard InChI is InChI=1S/C8H10O4/c9-8(10,11)6-12-7-4-2-1-3-5-7/h1-5,9-11H,6H2. The Morgan fingerprint density at radius 3 is 2.17 bits per heavy atom. The molecule has 0 unspecified atom stereocenters. The van der Waals surface area contributed by atoms with E-state index < -0.39 is 12.6 Å². The lowest BCUT2D eigenvalue weighted by molar-refractivity contribution is -0.322. The molecule has 0 aliphatic rings. The highest BCUT2D eigenvalue weighted by molar-refractivity contribution is 5.20. The first kappa shape index (κ1) is 8.99. The number of rotatable bonds is 3. The molecule has 1 rings (SSSR count). The van der Waals surface area contributed by atoms with E-state index in [4.69, 9.17) is 20.1 Å². The first-order chi connectivity index (χ1) is 5.58. The van der Waals surface area contributed by atoms with Gasteiger partial charge in [0.2, 0.25) is 0 Å². The van der Waals surface area contributed by atoms with Crippen LogP contribution in [0, 0.1) is 0 Å². The molecule has 0 saturated heterocycles. The maximum Gasteiger partial charge on any atom is 0.311 e. The van der Waals surface area contributed by atoms with Crippen molar-refractivity contribution >= 4 is 0 Å². The molecule has 0 radical (unpaired) electrons. The number of aliphatic hydroxyl groups is 3. The molecule has 0 saturated carbocycles. The summed E-state index contributed by atoms with van der Waals surface area (Å²) in [5.41, 5.74) is 0. The van der Waals surface area contributed by atoms with Crippen molar-refractivity contribution in [1.29, 1.82) is 0 Å². The third-order valence-electron chi connectivity index (χ3n) is 1.18. The number of ether oxygens (including phenoxy) is 1. The molecule has 0 bridgehead atoms. The van der Waals surface area contributed by atoms with Gasteiger partial charge in [-0.2, -0.15) is 0 Å². The molecule has 0 spiro atoms. The Balaban J connectivity index is 2.44. The van der Waals surface area contributed by atoms with Crippen LogP contribution in [0.4, 0.5) is 0 Å². The van der Waals surface area contributed by atoms with Gasteiger partial charge in [-0.1, -0.05) is 18.2 Å². The predicted octanol–water partition coefficient (Wildman–Crippen LogP) is -0.304. The van der Waals surface area contributed by atoms with E-state index in [-0.39, 0.29) is 0 Å². The Kier molecular flexibility index (Phi) is 2.65. The predicted molar refractivity (Wildman–Crippen MR) is 41.3 cm³/mol. The van der Waals surface area contributed by atoms with Crippen LogP contribution in [0.25, 0.3) is 0 Å². The zero-order valence-electron chi connectivity index (χ0n) is 6.34. The highest BCUT2D eigenvalue weighted by atomic mass is 16.7. The van der Waals surface area contributed by atoms with Gasteiger partial charge in [-0.25, -0.2) is 0 Å². The van der Waals surface area contributed by atoms with Crippen molar-refractivity contribution in [3.63, 3.8) is 0 Å². The summed E-state index contributed by atoms with van der Waals surface area (Å²) in [5, 5.41) is 25.4. The molecule has 4 nitrogen and oxygen atoms in total. The molecule has 66 valence electrons. The van der Waals surface area contributed by atoms with Crippen LogP contribution in [0.1, 0.15) is 0 Å². The van der Waals surface area contributed by atoms with Crippen molar-refractivity contribution in [2.45, 2.75) is 5.97 Å². The lowest BCUT2D eigenvalue weighted by Crippen LogP contribution is -2.34. The average molecular weight is 170 g/mol. The second-order valence-corrected chi connectivity index (χ2v) is 2.38. The fraction of sp³-hybridized carbons (Fsp3) is 0.250. The lowest BCUT2D eigenvalue weighted by Gasteiger charge is -2.14. The van der Waals surface area contributed by atoms with Crippen LogP contribution in [0.15, 0.2) is 30.3 Å². The second-order valence-electron chi connectivity index (χ2n) is 2.38. The molecular weight excluding hydrogens is 160 g/mol. The maximum atomic E-state index is 8.47. The molecule has 0 fully saturated rings. The van der Waals surface area contributed by atoms with E-state index in [0.29, 0.717) is 5.75 Å². The van der Waals surface area contributed by atoms with Crippen LogP contribution in [-0.2, 0) is 0 Å². The summed E-state index contributed by atoms with van der Waals surface area (Å²) in [7, 11) is 0. The summed E-state index contributed by atoms with van der Waals surface area (Å²) in [5.74, 6) is -2.30. The van der Waals surface area contributed by atoms with Crippen LogP contribution in [0.3, 0.4) is 0 Å². The molecule has 0 atom stereocenters. The third-order valence-corrected chi connectivity index (χ3v) is 1.18. The summed E-state index contributed by atoms with van der Waals surface area (Å²) < 4.78 is 4.82. The first-order valence-corrected chi connectivity index (χ1v) is 3.43. The van der Waals surface area contributed by atoms with Crippen molar-refractivity contribution in [1.82, 2.24) is 0 Å². The summed E-state index contributed by atoms with van der Waals surface area (Å²) in [6.45, 7) is -0.572. The minimum Gasteiger partial charge on any atom is -0.485 e. The highest BCUT2D eigenvalue weighted by Gasteiger charge is 2.18. The van der Waals surface area contributed by atoms with Crippen molar-refractivity contribution in [2.24, 2.45) is 0 Å².